The fourth-order valence-electron chi connectivity index (χ4n) is 1.67. The van der Waals surface area contributed by atoms with Crippen LogP contribution in [-0.4, -0.2) is 14.9 Å². The molecule has 0 spiro atoms. The summed E-state index contributed by atoms with van der Waals surface area (Å²) in [7, 11) is -4.09. The lowest BCUT2D eigenvalue weighted by molar-refractivity contribution is 0.371. The van der Waals surface area contributed by atoms with Crippen molar-refractivity contribution in [3.05, 3.63) is 49.1 Å². The Labute approximate surface area is 148 Å². The van der Waals surface area contributed by atoms with Gasteiger partial charge >= 0.3 is 7.60 Å². The summed E-state index contributed by atoms with van der Waals surface area (Å²) in [4.78, 5) is 18.1. The third kappa shape index (κ3) is 5.10. The number of benzene rings is 2. The molecule has 0 amide bonds. The summed E-state index contributed by atoms with van der Waals surface area (Å²) in [6.45, 7) is 0. The zero-order valence-electron chi connectivity index (χ0n) is 10.5. The molecule has 0 aliphatic rings. The van der Waals surface area contributed by atoms with Gasteiger partial charge in [0.15, 0.2) is 5.75 Å². The maximum atomic E-state index is 11.1. The average Bonchev–Trinajstić information content (AvgIpc) is 2.34. The van der Waals surface area contributed by atoms with Gasteiger partial charge in [0.25, 0.3) is 0 Å². The highest BCUT2D eigenvalue weighted by Gasteiger charge is 2.17. The van der Waals surface area contributed by atoms with Crippen molar-refractivity contribution in [3.8, 4) is 17.2 Å². The Morgan fingerprint density at radius 2 is 1.57 bits per heavy atom. The van der Waals surface area contributed by atoms with E-state index in [0.717, 1.165) is 7.14 Å². The minimum absolute atomic E-state index is 0.156. The molecule has 2 aromatic carbocycles. The first-order valence-corrected chi connectivity index (χ1v) is 9.69. The Morgan fingerprint density at radius 1 is 1.05 bits per heavy atom. The van der Waals surface area contributed by atoms with E-state index in [1.807, 2.05) is 0 Å². The zero-order valence-corrected chi connectivity index (χ0v) is 15.7. The number of halogens is 2. The molecular formula is C13H11I2O5P. The molecule has 2 rings (SSSR count). The lowest BCUT2D eigenvalue weighted by Crippen LogP contribution is -1.95. The molecule has 0 aromatic heterocycles. The van der Waals surface area contributed by atoms with Crippen LogP contribution in [0.3, 0.4) is 0 Å². The van der Waals surface area contributed by atoms with Crippen LogP contribution in [0.1, 0.15) is 5.56 Å². The molecule has 3 N–H and O–H groups in total. The van der Waals surface area contributed by atoms with Gasteiger partial charge in [-0.1, -0.05) is 0 Å². The number of rotatable bonds is 4. The van der Waals surface area contributed by atoms with Gasteiger partial charge in [-0.05, 0) is 87.1 Å². The summed E-state index contributed by atoms with van der Waals surface area (Å²) in [6, 6.07) is 9.72. The highest BCUT2D eigenvalue weighted by atomic mass is 127. The highest BCUT2D eigenvalue weighted by Crippen LogP contribution is 2.41. The van der Waals surface area contributed by atoms with Gasteiger partial charge in [-0.15, -0.1) is 0 Å². The van der Waals surface area contributed by atoms with Gasteiger partial charge in [-0.2, -0.15) is 0 Å². The number of hydrogen-bond donors (Lipinski definition) is 3. The van der Waals surface area contributed by atoms with E-state index in [2.05, 4.69) is 45.2 Å². The van der Waals surface area contributed by atoms with Crippen molar-refractivity contribution in [2.45, 2.75) is 6.16 Å². The van der Waals surface area contributed by atoms with E-state index in [1.54, 1.807) is 24.3 Å². The predicted octanol–water partition coefficient (Wildman–Crippen LogP) is 4.07. The summed E-state index contributed by atoms with van der Waals surface area (Å²) in [6.07, 6.45) is -0.293. The zero-order chi connectivity index (χ0) is 15.6. The van der Waals surface area contributed by atoms with Crippen molar-refractivity contribution >= 4 is 52.8 Å². The first-order chi connectivity index (χ1) is 9.74. The molecule has 21 heavy (non-hydrogen) atoms. The first kappa shape index (κ1) is 17.0. The topological polar surface area (TPSA) is 87.0 Å². The molecular weight excluding hydrogens is 521 g/mol. The Balaban J connectivity index is 2.29. The van der Waals surface area contributed by atoms with Gasteiger partial charge in [0.05, 0.1) is 13.3 Å². The number of hydrogen-bond acceptors (Lipinski definition) is 3. The molecule has 0 fully saturated rings. The summed E-state index contributed by atoms with van der Waals surface area (Å²) in [5.41, 5.74) is 0.565. The monoisotopic (exact) mass is 532 g/mol. The molecule has 0 aliphatic heterocycles. The molecule has 2 aromatic rings. The van der Waals surface area contributed by atoms with Gasteiger partial charge in [-0.25, -0.2) is 0 Å². The molecule has 0 unspecified atom stereocenters. The van der Waals surface area contributed by atoms with Crippen molar-refractivity contribution < 1.29 is 24.2 Å². The van der Waals surface area contributed by atoms with E-state index in [-0.39, 0.29) is 11.9 Å². The lowest BCUT2D eigenvalue weighted by Gasteiger charge is -2.12. The molecule has 0 aliphatic carbocycles. The summed E-state index contributed by atoms with van der Waals surface area (Å²) in [5, 5.41) is 9.24. The van der Waals surface area contributed by atoms with Crippen LogP contribution in [0.25, 0.3) is 0 Å². The highest BCUT2D eigenvalue weighted by molar-refractivity contribution is 14.1. The Morgan fingerprint density at radius 3 is 2.05 bits per heavy atom. The quantitative estimate of drug-likeness (QED) is 0.409. The van der Waals surface area contributed by atoms with Gasteiger partial charge in [0.1, 0.15) is 11.5 Å². The standard InChI is InChI=1S/C13H11I2O5P/c14-11-5-8(7-21(17,18)19)6-12(15)13(11)20-10-3-1-9(16)2-4-10/h1-6,16H,7H2,(H2,17,18,19). The minimum atomic E-state index is -4.09. The Kier molecular flexibility index (Phi) is 5.53. The number of phenolic OH excluding ortho intramolecular Hbond substituents is 1. The van der Waals surface area contributed by atoms with Crippen LogP contribution < -0.4 is 4.74 Å². The third-order valence-electron chi connectivity index (χ3n) is 2.50. The van der Waals surface area contributed by atoms with Crippen LogP contribution in [0, 0.1) is 7.14 Å². The number of aromatic hydroxyl groups is 1. The smallest absolute Gasteiger partial charge is 0.329 e. The maximum Gasteiger partial charge on any atom is 0.329 e. The second-order valence-electron chi connectivity index (χ2n) is 4.31. The summed E-state index contributed by atoms with van der Waals surface area (Å²) >= 11 is 4.13. The van der Waals surface area contributed by atoms with Crippen LogP contribution >= 0.6 is 52.8 Å². The Hall–Kier alpha value is -0.350. The van der Waals surface area contributed by atoms with Crippen molar-refractivity contribution in [2.24, 2.45) is 0 Å². The van der Waals surface area contributed by atoms with Gasteiger partial charge in [0, 0.05) is 0 Å². The lowest BCUT2D eigenvalue weighted by atomic mass is 10.2. The predicted molar refractivity (Wildman–Crippen MR) is 95.8 cm³/mol. The maximum absolute atomic E-state index is 11.1. The van der Waals surface area contributed by atoms with Crippen molar-refractivity contribution in [2.75, 3.05) is 0 Å². The van der Waals surface area contributed by atoms with Crippen molar-refractivity contribution in [1.29, 1.82) is 0 Å². The normalized spacial score (nSPS) is 11.4. The number of ether oxygens (including phenoxy) is 1. The van der Waals surface area contributed by atoms with Crippen LogP contribution in [0.2, 0.25) is 0 Å². The van der Waals surface area contributed by atoms with Crippen LogP contribution in [0.4, 0.5) is 0 Å². The summed E-state index contributed by atoms with van der Waals surface area (Å²) in [5.74, 6) is 1.35. The van der Waals surface area contributed by atoms with Gasteiger partial charge < -0.3 is 19.6 Å². The van der Waals surface area contributed by atoms with Gasteiger partial charge in [-0.3, -0.25) is 4.57 Å². The van der Waals surface area contributed by atoms with Crippen LogP contribution in [0.5, 0.6) is 17.2 Å². The fraction of sp³-hybridized carbons (Fsp3) is 0.0769. The molecule has 8 heteroatoms. The van der Waals surface area contributed by atoms with E-state index < -0.39 is 7.60 Å². The minimum Gasteiger partial charge on any atom is -0.508 e. The van der Waals surface area contributed by atoms with Gasteiger partial charge in [0.2, 0.25) is 0 Å². The average molecular weight is 532 g/mol. The molecule has 5 nitrogen and oxygen atoms in total. The van der Waals surface area contributed by atoms with Crippen molar-refractivity contribution in [1.82, 2.24) is 0 Å². The largest absolute Gasteiger partial charge is 0.508 e. The molecule has 0 saturated heterocycles. The molecule has 0 bridgehead atoms. The van der Waals surface area contributed by atoms with Crippen LogP contribution in [-0.2, 0) is 10.7 Å². The van der Waals surface area contributed by atoms with E-state index in [4.69, 9.17) is 14.5 Å². The van der Waals surface area contributed by atoms with Crippen molar-refractivity contribution in [3.63, 3.8) is 0 Å². The van der Waals surface area contributed by atoms with E-state index in [1.165, 1.54) is 12.1 Å². The molecule has 112 valence electrons. The second kappa shape index (κ2) is 6.82. The number of phenols is 1. The fourth-order valence-corrected chi connectivity index (χ4v) is 4.45. The summed E-state index contributed by atoms with van der Waals surface area (Å²) < 4.78 is 18.3. The second-order valence-corrected chi connectivity index (χ2v) is 8.28. The molecule has 0 radical (unpaired) electrons. The van der Waals surface area contributed by atoms with E-state index >= 15 is 0 Å². The SMILES string of the molecule is O=P(O)(O)Cc1cc(I)c(Oc2ccc(O)cc2)c(I)c1. The van der Waals surface area contributed by atoms with Crippen LogP contribution in [0.15, 0.2) is 36.4 Å². The van der Waals surface area contributed by atoms with E-state index in [0.29, 0.717) is 17.1 Å². The van der Waals surface area contributed by atoms with E-state index in [9.17, 15) is 9.67 Å². The molecule has 0 saturated carbocycles. The molecule has 0 heterocycles. The Bertz CT molecular complexity index is 673. The molecule has 0 atom stereocenters. The third-order valence-corrected chi connectivity index (χ3v) is 4.88. The first-order valence-electron chi connectivity index (χ1n) is 5.74.